The van der Waals surface area contributed by atoms with Gasteiger partial charge in [0.05, 0.1) is 6.20 Å². The van der Waals surface area contributed by atoms with Crippen LogP contribution in [0.15, 0.2) is 30.5 Å². The highest BCUT2D eigenvalue weighted by atomic mass is 32.1. The number of rotatable bonds is 2. The van der Waals surface area contributed by atoms with E-state index in [-0.39, 0.29) is 11.8 Å². The number of ether oxygens (including phenoxy) is 1. The number of nitrogens with zero attached hydrogens (tertiary/aromatic N) is 2. The van der Waals surface area contributed by atoms with Crippen molar-refractivity contribution in [3.63, 3.8) is 0 Å². The summed E-state index contributed by atoms with van der Waals surface area (Å²) in [5.41, 5.74) is 0.933. The van der Waals surface area contributed by atoms with E-state index in [0.29, 0.717) is 11.6 Å². The monoisotopic (exact) mass is 247 g/mol. The number of hydrogen-bond acceptors (Lipinski definition) is 5. The van der Waals surface area contributed by atoms with Gasteiger partial charge in [0.25, 0.3) is 0 Å². The Balaban J connectivity index is 1.80. The van der Waals surface area contributed by atoms with Gasteiger partial charge in [-0.3, -0.25) is 4.79 Å². The Morgan fingerprint density at radius 3 is 3.18 bits per heavy atom. The van der Waals surface area contributed by atoms with Crippen LogP contribution < -0.4 is 10.1 Å². The molecule has 86 valence electrons. The Kier molecular flexibility index (Phi) is 2.49. The molecule has 2 aromatic rings. The highest BCUT2D eigenvalue weighted by Crippen LogP contribution is 2.34. The second-order valence-corrected chi connectivity index (χ2v) is 4.46. The number of nitrogens with one attached hydrogen (secondary N) is 1. The molecule has 1 aliphatic heterocycles. The van der Waals surface area contributed by atoms with Gasteiger partial charge in [0.15, 0.2) is 0 Å². The molecule has 1 aliphatic rings. The molecular weight excluding hydrogens is 238 g/mol. The van der Waals surface area contributed by atoms with Crippen LogP contribution in [0.5, 0.6) is 5.75 Å². The lowest BCUT2D eigenvalue weighted by atomic mass is 10.0. The van der Waals surface area contributed by atoms with Crippen LogP contribution in [-0.4, -0.2) is 22.1 Å². The van der Waals surface area contributed by atoms with Crippen molar-refractivity contribution in [1.82, 2.24) is 9.59 Å². The van der Waals surface area contributed by atoms with Gasteiger partial charge < -0.3 is 10.1 Å². The van der Waals surface area contributed by atoms with Gasteiger partial charge in [-0.1, -0.05) is 22.7 Å². The molecule has 3 rings (SSSR count). The summed E-state index contributed by atoms with van der Waals surface area (Å²) in [6, 6.07) is 7.59. The van der Waals surface area contributed by atoms with Gasteiger partial charge in [0.2, 0.25) is 5.91 Å². The minimum Gasteiger partial charge on any atom is -0.492 e. The fourth-order valence-electron chi connectivity index (χ4n) is 1.81. The molecular formula is C11H9N3O2S. The summed E-state index contributed by atoms with van der Waals surface area (Å²) in [7, 11) is 0. The van der Waals surface area contributed by atoms with E-state index in [1.165, 1.54) is 6.20 Å². The van der Waals surface area contributed by atoms with E-state index in [4.69, 9.17) is 4.74 Å². The van der Waals surface area contributed by atoms with E-state index in [0.717, 1.165) is 22.8 Å². The van der Waals surface area contributed by atoms with E-state index in [9.17, 15) is 4.79 Å². The second kappa shape index (κ2) is 4.14. The van der Waals surface area contributed by atoms with Crippen molar-refractivity contribution in [1.29, 1.82) is 0 Å². The van der Waals surface area contributed by atoms with Crippen molar-refractivity contribution in [3.8, 4) is 5.75 Å². The fourth-order valence-corrected chi connectivity index (χ4v) is 2.23. The molecule has 0 spiro atoms. The van der Waals surface area contributed by atoms with Crippen LogP contribution in [0.1, 0.15) is 11.5 Å². The third-order valence-electron chi connectivity index (χ3n) is 2.62. The molecule has 6 heteroatoms. The first-order valence-corrected chi connectivity index (χ1v) is 5.92. The Morgan fingerprint density at radius 2 is 2.35 bits per heavy atom. The molecule has 0 saturated heterocycles. The molecule has 0 fully saturated rings. The van der Waals surface area contributed by atoms with Gasteiger partial charge in [0.1, 0.15) is 23.3 Å². The third kappa shape index (κ3) is 1.87. The minimum atomic E-state index is -0.256. The van der Waals surface area contributed by atoms with Gasteiger partial charge >= 0.3 is 0 Å². The normalized spacial score (nSPS) is 17.3. The topological polar surface area (TPSA) is 64.1 Å². The molecule has 0 bridgehead atoms. The van der Waals surface area contributed by atoms with Crippen LogP contribution in [0.2, 0.25) is 0 Å². The van der Waals surface area contributed by atoms with E-state index < -0.39 is 0 Å². The molecule has 1 atom stereocenters. The van der Waals surface area contributed by atoms with E-state index >= 15 is 0 Å². The molecule has 1 N–H and O–H groups in total. The Labute approximate surface area is 102 Å². The average Bonchev–Trinajstić information content (AvgIpc) is 2.96. The highest BCUT2D eigenvalue weighted by molar-refractivity contribution is 7.10. The largest absolute Gasteiger partial charge is 0.492 e. The molecule has 1 aromatic carbocycles. The van der Waals surface area contributed by atoms with Crippen LogP contribution in [0.3, 0.4) is 0 Å². The number of hydrogen-bond donors (Lipinski definition) is 1. The summed E-state index contributed by atoms with van der Waals surface area (Å²) in [5, 5.41) is 7.10. The lowest BCUT2D eigenvalue weighted by molar-refractivity contribution is -0.117. The zero-order chi connectivity index (χ0) is 11.7. The van der Waals surface area contributed by atoms with Crippen LogP contribution in [0, 0.1) is 0 Å². The molecule has 5 nitrogen and oxygen atoms in total. The smallest absolute Gasteiger partial charge is 0.236 e. The van der Waals surface area contributed by atoms with Crippen molar-refractivity contribution in [3.05, 3.63) is 36.0 Å². The summed E-state index contributed by atoms with van der Waals surface area (Å²) in [4.78, 5) is 12.0. The summed E-state index contributed by atoms with van der Waals surface area (Å²) in [6.45, 7) is 0.386. The molecule has 17 heavy (non-hydrogen) atoms. The molecule has 1 amide bonds. The van der Waals surface area contributed by atoms with E-state index in [1.807, 2.05) is 24.3 Å². The number of fused-ring (bicyclic) bond motifs is 1. The quantitative estimate of drug-likeness (QED) is 0.876. The average molecular weight is 247 g/mol. The number of carbonyl (C=O) groups excluding carboxylic acids is 1. The van der Waals surface area contributed by atoms with Crippen LogP contribution >= 0.6 is 11.5 Å². The summed E-state index contributed by atoms with van der Waals surface area (Å²) in [5.74, 6) is 0.448. The number of anilines is 1. The summed E-state index contributed by atoms with van der Waals surface area (Å²) < 4.78 is 9.15. The Bertz CT molecular complexity index is 541. The molecule has 0 saturated carbocycles. The molecule has 0 radical (unpaired) electrons. The zero-order valence-electron chi connectivity index (χ0n) is 8.79. The van der Waals surface area contributed by atoms with Crippen molar-refractivity contribution in [2.45, 2.75) is 5.92 Å². The van der Waals surface area contributed by atoms with Crippen LogP contribution in [0.25, 0.3) is 0 Å². The second-order valence-electron chi connectivity index (χ2n) is 3.67. The van der Waals surface area contributed by atoms with Gasteiger partial charge in [-0.2, -0.15) is 0 Å². The third-order valence-corrected chi connectivity index (χ3v) is 3.20. The molecule has 1 aromatic heterocycles. The molecule has 2 heterocycles. The number of amides is 1. The van der Waals surface area contributed by atoms with Gasteiger partial charge in [-0.05, 0) is 6.07 Å². The first-order valence-electron chi connectivity index (χ1n) is 5.14. The summed E-state index contributed by atoms with van der Waals surface area (Å²) >= 11 is 1.16. The maximum atomic E-state index is 12.0. The van der Waals surface area contributed by atoms with Gasteiger partial charge in [-0.25, -0.2) is 0 Å². The summed E-state index contributed by atoms with van der Waals surface area (Å²) in [6.07, 6.45) is 1.53. The van der Waals surface area contributed by atoms with Crippen molar-refractivity contribution in [2.24, 2.45) is 0 Å². The van der Waals surface area contributed by atoms with E-state index in [2.05, 4.69) is 14.9 Å². The number of para-hydroxylation sites is 1. The number of aromatic nitrogens is 2. The molecule has 0 aliphatic carbocycles. The maximum Gasteiger partial charge on any atom is 0.236 e. The Hall–Kier alpha value is -1.95. The lowest BCUT2D eigenvalue weighted by Crippen LogP contribution is -2.21. The van der Waals surface area contributed by atoms with Crippen molar-refractivity contribution < 1.29 is 9.53 Å². The number of carbonyl (C=O) groups is 1. The highest BCUT2D eigenvalue weighted by Gasteiger charge is 2.30. The minimum absolute atomic E-state index is 0.0824. The van der Waals surface area contributed by atoms with Gasteiger partial charge in [0, 0.05) is 17.1 Å². The Morgan fingerprint density at radius 1 is 1.47 bits per heavy atom. The first kappa shape index (κ1) is 10.2. The van der Waals surface area contributed by atoms with Crippen molar-refractivity contribution >= 4 is 22.4 Å². The lowest BCUT2D eigenvalue weighted by Gasteiger charge is -2.07. The van der Waals surface area contributed by atoms with E-state index in [1.54, 1.807) is 0 Å². The first-order chi connectivity index (χ1) is 8.34. The SMILES string of the molecule is O=C(Nc1cnns1)[C@@H]1COc2ccccc21. The standard InChI is InChI=1S/C11H9N3O2S/c15-11(13-10-5-12-14-17-10)8-6-16-9-4-2-1-3-7(8)9/h1-5,8H,6H2,(H,13,15)/t8-/m1/s1. The number of benzene rings is 1. The van der Waals surface area contributed by atoms with Crippen LogP contribution in [-0.2, 0) is 4.79 Å². The fraction of sp³-hybridized carbons (Fsp3) is 0.182. The van der Waals surface area contributed by atoms with Gasteiger partial charge in [-0.15, -0.1) is 5.10 Å². The molecule has 0 unspecified atom stereocenters. The predicted molar refractivity (Wildman–Crippen MR) is 63.2 cm³/mol. The van der Waals surface area contributed by atoms with Crippen molar-refractivity contribution in [2.75, 3.05) is 11.9 Å². The maximum absolute atomic E-state index is 12.0. The zero-order valence-corrected chi connectivity index (χ0v) is 9.61. The van der Waals surface area contributed by atoms with Crippen LogP contribution in [0.4, 0.5) is 5.00 Å². The predicted octanol–water partition coefficient (Wildman–Crippen LogP) is 1.65.